The largest absolute Gasteiger partial charge is 0.475 e. The maximum atomic E-state index is 13.7. The molecule has 0 bridgehead atoms. The summed E-state index contributed by atoms with van der Waals surface area (Å²) in [7, 11) is 0. The number of carboxylic acids is 1. The molecule has 0 saturated heterocycles. The summed E-state index contributed by atoms with van der Waals surface area (Å²) < 4.78 is 45.3. The standard InChI is InChI=1S/C14H12F3NO3/c1-14(2,3)11-10(13(19)20)21-12(18-11)9-7(16)4-6(15)5-8(9)17/h4-5H,1-3H3,(H,19,20). The molecule has 0 spiro atoms. The van der Waals surface area contributed by atoms with Crippen LogP contribution < -0.4 is 0 Å². The number of rotatable bonds is 2. The first-order valence-corrected chi connectivity index (χ1v) is 6.00. The molecule has 0 aliphatic rings. The third kappa shape index (κ3) is 2.76. The van der Waals surface area contributed by atoms with E-state index < -0.39 is 46.1 Å². The zero-order valence-corrected chi connectivity index (χ0v) is 11.5. The lowest BCUT2D eigenvalue weighted by Crippen LogP contribution is -2.16. The van der Waals surface area contributed by atoms with Gasteiger partial charge >= 0.3 is 5.97 Å². The van der Waals surface area contributed by atoms with Crippen LogP contribution in [0.1, 0.15) is 37.0 Å². The Bertz CT molecular complexity index is 694. The van der Waals surface area contributed by atoms with Crippen LogP contribution in [-0.4, -0.2) is 16.1 Å². The fraction of sp³-hybridized carbons (Fsp3) is 0.286. The van der Waals surface area contributed by atoms with Crippen molar-refractivity contribution >= 4 is 5.97 Å². The molecule has 1 aromatic carbocycles. The molecule has 0 atom stereocenters. The second-order valence-electron chi connectivity index (χ2n) is 5.50. The Kier molecular flexibility index (Phi) is 3.52. The molecule has 0 unspecified atom stereocenters. The monoisotopic (exact) mass is 299 g/mol. The fourth-order valence-electron chi connectivity index (χ4n) is 1.83. The SMILES string of the molecule is CC(C)(C)c1nc(-c2c(F)cc(F)cc2F)oc1C(=O)O. The highest BCUT2D eigenvalue weighted by Gasteiger charge is 2.31. The Morgan fingerprint density at radius 3 is 2.10 bits per heavy atom. The molecule has 0 saturated carbocycles. The number of nitrogens with zero attached hydrogens (tertiary/aromatic N) is 1. The van der Waals surface area contributed by atoms with Crippen molar-refractivity contribution in [2.75, 3.05) is 0 Å². The van der Waals surface area contributed by atoms with Gasteiger partial charge in [-0.2, -0.15) is 0 Å². The van der Waals surface area contributed by atoms with E-state index >= 15 is 0 Å². The lowest BCUT2D eigenvalue weighted by atomic mass is 9.91. The summed E-state index contributed by atoms with van der Waals surface area (Å²) in [5.74, 6) is -5.96. The topological polar surface area (TPSA) is 63.3 Å². The number of hydrogen-bond donors (Lipinski definition) is 1. The summed E-state index contributed by atoms with van der Waals surface area (Å²) >= 11 is 0. The van der Waals surface area contributed by atoms with E-state index in [9.17, 15) is 18.0 Å². The summed E-state index contributed by atoms with van der Waals surface area (Å²) in [4.78, 5) is 15.0. The summed E-state index contributed by atoms with van der Waals surface area (Å²) in [5.41, 5.74) is -1.36. The average Bonchev–Trinajstić information content (AvgIpc) is 2.71. The predicted molar refractivity (Wildman–Crippen MR) is 67.5 cm³/mol. The molecule has 1 heterocycles. The number of carbonyl (C=O) groups is 1. The normalized spacial score (nSPS) is 11.7. The Morgan fingerprint density at radius 1 is 1.19 bits per heavy atom. The number of benzene rings is 1. The van der Waals surface area contributed by atoms with Crippen LogP contribution in [0.5, 0.6) is 0 Å². The zero-order valence-electron chi connectivity index (χ0n) is 11.5. The van der Waals surface area contributed by atoms with Gasteiger partial charge in [0.15, 0.2) is 0 Å². The molecule has 0 radical (unpaired) electrons. The zero-order chi connectivity index (χ0) is 15.9. The number of halogens is 3. The smallest absolute Gasteiger partial charge is 0.373 e. The molecule has 2 rings (SSSR count). The fourth-order valence-corrected chi connectivity index (χ4v) is 1.83. The van der Waals surface area contributed by atoms with Crippen molar-refractivity contribution in [1.29, 1.82) is 0 Å². The molecule has 7 heteroatoms. The van der Waals surface area contributed by atoms with Gasteiger partial charge in [0.1, 0.15) is 28.7 Å². The molecule has 0 amide bonds. The Hall–Kier alpha value is -2.31. The maximum absolute atomic E-state index is 13.7. The molecule has 0 fully saturated rings. The van der Waals surface area contributed by atoms with E-state index in [4.69, 9.17) is 9.52 Å². The third-order valence-electron chi connectivity index (χ3n) is 2.75. The highest BCUT2D eigenvalue weighted by molar-refractivity contribution is 5.86. The quantitative estimate of drug-likeness (QED) is 0.917. The average molecular weight is 299 g/mol. The number of carboxylic acid groups (broad SMARTS) is 1. The maximum Gasteiger partial charge on any atom is 0.373 e. The highest BCUT2D eigenvalue weighted by atomic mass is 19.1. The van der Waals surface area contributed by atoms with E-state index in [1.54, 1.807) is 20.8 Å². The first kappa shape index (κ1) is 15.1. The van der Waals surface area contributed by atoms with Crippen LogP contribution in [0.15, 0.2) is 16.5 Å². The minimum atomic E-state index is -1.40. The van der Waals surface area contributed by atoms with Crippen LogP contribution in [0.2, 0.25) is 0 Å². The minimum absolute atomic E-state index is 0.0492. The van der Waals surface area contributed by atoms with Crippen molar-refractivity contribution in [1.82, 2.24) is 4.98 Å². The second kappa shape index (κ2) is 4.91. The van der Waals surface area contributed by atoms with Gasteiger partial charge in [-0.05, 0) is 0 Å². The van der Waals surface area contributed by atoms with E-state index in [0.29, 0.717) is 12.1 Å². The number of aromatic carboxylic acids is 1. The van der Waals surface area contributed by atoms with E-state index in [2.05, 4.69) is 4.98 Å². The van der Waals surface area contributed by atoms with Gasteiger partial charge in [-0.3, -0.25) is 0 Å². The summed E-state index contributed by atoms with van der Waals surface area (Å²) in [6.45, 7) is 5.04. The van der Waals surface area contributed by atoms with Crippen molar-refractivity contribution < 1.29 is 27.5 Å². The van der Waals surface area contributed by atoms with Gasteiger partial charge in [0.2, 0.25) is 11.7 Å². The molecule has 2 aromatic rings. The van der Waals surface area contributed by atoms with Crippen LogP contribution in [0.25, 0.3) is 11.5 Å². The molecule has 1 aromatic heterocycles. The van der Waals surface area contributed by atoms with E-state index in [0.717, 1.165) is 0 Å². The van der Waals surface area contributed by atoms with Crippen molar-refractivity contribution in [2.24, 2.45) is 0 Å². The van der Waals surface area contributed by atoms with Crippen molar-refractivity contribution in [3.63, 3.8) is 0 Å². The second-order valence-corrected chi connectivity index (χ2v) is 5.50. The van der Waals surface area contributed by atoms with Crippen LogP contribution in [0, 0.1) is 17.5 Å². The molecule has 1 N–H and O–H groups in total. The molecule has 112 valence electrons. The van der Waals surface area contributed by atoms with Gasteiger partial charge in [-0.1, -0.05) is 20.8 Å². The molecule has 21 heavy (non-hydrogen) atoms. The van der Waals surface area contributed by atoms with Crippen LogP contribution in [-0.2, 0) is 5.41 Å². The van der Waals surface area contributed by atoms with Crippen LogP contribution in [0.4, 0.5) is 13.2 Å². The minimum Gasteiger partial charge on any atom is -0.475 e. The number of aromatic nitrogens is 1. The Balaban J connectivity index is 2.70. The molecular formula is C14H12F3NO3. The van der Waals surface area contributed by atoms with E-state index in [-0.39, 0.29) is 5.69 Å². The highest BCUT2D eigenvalue weighted by Crippen LogP contribution is 2.32. The van der Waals surface area contributed by atoms with Crippen molar-refractivity contribution in [2.45, 2.75) is 26.2 Å². The van der Waals surface area contributed by atoms with Crippen molar-refractivity contribution in [3.05, 3.63) is 41.0 Å². The Morgan fingerprint density at radius 2 is 1.71 bits per heavy atom. The van der Waals surface area contributed by atoms with Crippen molar-refractivity contribution in [3.8, 4) is 11.5 Å². The number of oxazole rings is 1. The first-order valence-electron chi connectivity index (χ1n) is 6.00. The first-order chi connectivity index (χ1) is 9.61. The van der Waals surface area contributed by atoms with Gasteiger partial charge in [0.05, 0.1) is 0 Å². The predicted octanol–water partition coefficient (Wildman–Crippen LogP) is 3.75. The summed E-state index contributed by atoms with van der Waals surface area (Å²) in [6, 6.07) is 0.944. The van der Waals surface area contributed by atoms with Gasteiger partial charge in [0, 0.05) is 17.5 Å². The summed E-state index contributed by atoms with van der Waals surface area (Å²) in [6.07, 6.45) is 0. The lowest BCUT2D eigenvalue weighted by Gasteiger charge is -2.14. The molecule has 0 aliphatic heterocycles. The van der Waals surface area contributed by atoms with Gasteiger partial charge in [-0.25, -0.2) is 22.9 Å². The summed E-state index contributed by atoms with van der Waals surface area (Å²) in [5, 5.41) is 9.09. The molecule has 0 aliphatic carbocycles. The van der Waals surface area contributed by atoms with Crippen LogP contribution >= 0.6 is 0 Å². The van der Waals surface area contributed by atoms with Gasteiger partial charge < -0.3 is 9.52 Å². The number of hydrogen-bond acceptors (Lipinski definition) is 3. The third-order valence-corrected chi connectivity index (χ3v) is 2.75. The van der Waals surface area contributed by atoms with Gasteiger partial charge in [0.25, 0.3) is 0 Å². The van der Waals surface area contributed by atoms with Gasteiger partial charge in [-0.15, -0.1) is 0 Å². The molecule has 4 nitrogen and oxygen atoms in total. The lowest BCUT2D eigenvalue weighted by molar-refractivity contribution is 0.0659. The van der Waals surface area contributed by atoms with Crippen LogP contribution in [0.3, 0.4) is 0 Å². The Labute approximate surface area is 118 Å². The molecular weight excluding hydrogens is 287 g/mol. The van der Waals surface area contributed by atoms with E-state index in [1.165, 1.54) is 0 Å². The van der Waals surface area contributed by atoms with E-state index in [1.807, 2.05) is 0 Å².